The lowest BCUT2D eigenvalue weighted by atomic mass is 9.95. The molecule has 0 aliphatic rings. The molecular formula is C17H37N3O. The fourth-order valence-electron chi connectivity index (χ4n) is 2.17. The normalized spacial score (nSPS) is 14.9. The van der Waals surface area contributed by atoms with E-state index in [1.54, 1.807) is 6.92 Å². The quantitative estimate of drug-likeness (QED) is 0.544. The average Bonchev–Trinajstić information content (AvgIpc) is 2.35. The summed E-state index contributed by atoms with van der Waals surface area (Å²) in [4.78, 5) is 13.7. The van der Waals surface area contributed by atoms with Crippen LogP contribution in [-0.2, 0) is 4.79 Å². The van der Waals surface area contributed by atoms with Gasteiger partial charge in [-0.25, -0.2) is 0 Å². The number of hydrogen-bond acceptors (Lipinski definition) is 3. The molecule has 0 rings (SSSR count). The monoisotopic (exact) mass is 299 g/mol. The number of carbonyl (C=O) groups is 1. The third-order valence-electron chi connectivity index (χ3n) is 4.03. The molecule has 0 bridgehead atoms. The highest BCUT2D eigenvalue weighted by Crippen LogP contribution is 2.12. The second-order valence-electron chi connectivity index (χ2n) is 7.45. The van der Waals surface area contributed by atoms with Gasteiger partial charge in [0.15, 0.2) is 0 Å². The number of amides is 1. The van der Waals surface area contributed by atoms with Crippen LogP contribution >= 0.6 is 0 Å². The number of carbonyl (C=O) groups excluding carboxylic acids is 1. The molecule has 0 aliphatic heterocycles. The van der Waals surface area contributed by atoms with Gasteiger partial charge in [-0.15, -0.1) is 0 Å². The summed E-state index contributed by atoms with van der Waals surface area (Å²) in [5.41, 5.74) is 10.3. The highest BCUT2D eigenvalue weighted by Gasteiger charge is 2.24. The van der Waals surface area contributed by atoms with Gasteiger partial charge >= 0.3 is 0 Å². The molecule has 0 saturated heterocycles. The Labute approximate surface area is 131 Å². The molecule has 4 N–H and O–H groups in total. The van der Waals surface area contributed by atoms with Crippen molar-refractivity contribution in [2.24, 2.45) is 23.3 Å². The third-order valence-corrected chi connectivity index (χ3v) is 4.03. The van der Waals surface area contributed by atoms with Crippen LogP contribution in [-0.4, -0.2) is 36.0 Å². The molecule has 0 aromatic rings. The summed E-state index contributed by atoms with van der Waals surface area (Å²) in [6.07, 6.45) is 5.19. The maximum atomic E-state index is 11.2. The lowest BCUT2D eigenvalue weighted by Gasteiger charge is -2.25. The Morgan fingerprint density at radius 2 is 1.48 bits per heavy atom. The fraction of sp³-hybridized carbons (Fsp3) is 0.941. The van der Waals surface area contributed by atoms with Crippen molar-refractivity contribution in [1.29, 1.82) is 0 Å². The summed E-state index contributed by atoms with van der Waals surface area (Å²) < 4.78 is 0. The van der Waals surface area contributed by atoms with Gasteiger partial charge in [0.2, 0.25) is 5.91 Å². The van der Waals surface area contributed by atoms with Crippen LogP contribution in [0.25, 0.3) is 0 Å². The molecular weight excluding hydrogens is 262 g/mol. The highest BCUT2D eigenvalue weighted by molar-refractivity contribution is 5.83. The van der Waals surface area contributed by atoms with Crippen molar-refractivity contribution in [3.63, 3.8) is 0 Å². The van der Waals surface area contributed by atoms with Crippen molar-refractivity contribution in [3.8, 4) is 0 Å². The van der Waals surface area contributed by atoms with E-state index in [0.717, 1.165) is 31.2 Å². The number of unbranched alkanes of at least 4 members (excludes halogenated alkanes) is 1. The molecule has 0 fully saturated rings. The first-order chi connectivity index (χ1) is 9.65. The summed E-state index contributed by atoms with van der Waals surface area (Å²) in [7, 11) is 0. The Morgan fingerprint density at radius 1 is 1.00 bits per heavy atom. The van der Waals surface area contributed by atoms with Crippen LogP contribution in [0.5, 0.6) is 0 Å². The molecule has 126 valence electrons. The first kappa shape index (κ1) is 20.4. The van der Waals surface area contributed by atoms with Gasteiger partial charge < -0.3 is 16.4 Å². The Balaban J connectivity index is 4.07. The van der Waals surface area contributed by atoms with E-state index in [9.17, 15) is 4.79 Å². The third kappa shape index (κ3) is 10.7. The van der Waals surface area contributed by atoms with Gasteiger partial charge in [-0.2, -0.15) is 0 Å². The molecule has 4 heteroatoms. The van der Waals surface area contributed by atoms with Gasteiger partial charge in [0.25, 0.3) is 0 Å². The zero-order valence-corrected chi connectivity index (χ0v) is 14.8. The molecule has 21 heavy (non-hydrogen) atoms. The number of nitrogens with zero attached hydrogens (tertiary/aromatic N) is 1. The summed E-state index contributed by atoms with van der Waals surface area (Å²) in [6, 6.07) is 0. The van der Waals surface area contributed by atoms with E-state index < -0.39 is 11.4 Å². The first-order valence-corrected chi connectivity index (χ1v) is 8.46. The zero-order valence-electron chi connectivity index (χ0n) is 14.8. The second kappa shape index (κ2) is 10.2. The zero-order chi connectivity index (χ0) is 16.5. The van der Waals surface area contributed by atoms with Crippen LogP contribution in [0.15, 0.2) is 0 Å². The molecule has 0 saturated carbocycles. The molecule has 0 aromatic carbocycles. The van der Waals surface area contributed by atoms with Crippen LogP contribution in [0.3, 0.4) is 0 Å². The lowest BCUT2D eigenvalue weighted by molar-refractivity contribution is -0.122. The number of nitrogens with two attached hydrogens (primary N) is 2. The van der Waals surface area contributed by atoms with E-state index in [2.05, 4.69) is 32.6 Å². The maximum absolute atomic E-state index is 11.2. The van der Waals surface area contributed by atoms with Crippen LogP contribution in [0, 0.1) is 11.8 Å². The van der Waals surface area contributed by atoms with E-state index >= 15 is 0 Å². The minimum absolute atomic E-state index is 0.404. The SMILES string of the molecule is CC(C)CCN(CCCCC(C)(N)C(N)=O)CCC(C)C. The van der Waals surface area contributed by atoms with Gasteiger partial charge in [0, 0.05) is 0 Å². The molecule has 0 aromatic heterocycles. The van der Waals surface area contributed by atoms with Crippen molar-refractivity contribution in [3.05, 3.63) is 0 Å². The van der Waals surface area contributed by atoms with Crippen LogP contribution in [0.1, 0.15) is 66.7 Å². The van der Waals surface area contributed by atoms with E-state index in [4.69, 9.17) is 11.5 Å². The standard InChI is InChI=1S/C17H37N3O/c1-14(2)8-12-20(13-9-15(3)4)11-7-6-10-17(5,19)16(18)21/h14-15H,6-13,19H2,1-5H3,(H2,18,21). The van der Waals surface area contributed by atoms with Crippen molar-refractivity contribution in [1.82, 2.24) is 4.90 Å². The Bertz CT molecular complexity index is 276. The summed E-state index contributed by atoms with van der Waals surface area (Å²) in [5.74, 6) is 1.08. The second-order valence-corrected chi connectivity index (χ2v) is 7.45. The smallest absolute Gasteiger partial charge is 0.237 e. The van der Waals surface area contributed by atoms with Crippen molar-refractivity contribution in [2.45, 2.75) is 72.3 Å². The van der Waals surface area contributed by atoms with Crippen molar-refractivity contribution in [2.75, 3.05) is 19.6 Å². The predicted octanol–water partition coefficient (Wildman–Crippen LogP) is 2.75. The van der Waals surface area contributed by atoms with E-state index in [1.165, 1.54) is 25.9 Å². The van der Waals surface area contributed by atoms with Crippen LogP contribution in [0.4, 0.5) is 0 Å². The Morgan fingerprint density at radius 3 is 1.86 bits per heavy atom. The summed E-state index contributed by atoms with van der Waals surface area (Å²) in [5, 5.41) is 0. The minimum atomic E-state index is -0.860. The topological polar surface area (TPSA) is 72.3 Å². The van der Waals surface area contributed by atoms with Crippen molar-refractivity contribution < 1.29 is 4.79 Å². The predicted molar refractivity (Wildman–Crippen MR) is 91.0 cm³/mol. The first-order valence-electron chi connectivity index (χ1n) is 8.46. The Hall–Kier alpha value is -0.610. The minimum Gasteiger partial charge on any atom is -0.368 e. The maximum Gasteiger partial charge on any atom is 0.237 e. The number of hydrogen-bond donors (Lipinski definition) is 2. The van der Waals surface area contributed by atoms with E-state index in [-0.39, 0.29) is 0 Å². The lowest BCUT2D eigenvalue weighted by Crippen LogP contribution is -2.49. The van der Waals surface area contributed by atoms with Gasteiger partial charge in [-0.05, 0) is 70.5 Å². The largest absolute Gasteiger partial charge is 0.368 e. The van der Waals surface area contributed by atoms with Gasteiger partial charge in [-0.3, -0.25) is 4.79 Å². The van der Waals surface area contributed by atoms with Crippen LogP contribution < -0.4 is 11.5 Å². The van der Waals surface area contributed by atoms with Crippen LogP contribution in [0.2, 0.25) is 0 Å². The van der Waals surface area contributed by atoms with Gasteiger partial charge in [-0.1, -0.05) is 27.7 Å². The summed E-state index contributed by atoms with van der Waals surface area (Å²) >= 11 is 0. The van der Waals surface area contributed by atoms with Crippen molar-refractivity contribution >= 4 is 5.91 Å². The summed E-state index contributed by atoms with van der Waals surface area (Å²) in [6.45, 7) is 14.2. The van der Waals surface area contributed by atoms with E-state index in [1.807, 2.05) is 0 Å². The van der Waals surface area contributed by atoms with E-state index in [0.29, 0.717) is 6.42 Å². The number of primary amides is 1. The molecule has 1 atom stereocenters. The molecule has 0 spiro atoms. The highest BCUT2D eigenvalue weighted by atomic mass is 16.1. The average molecular weight is 300 g/mol. The fourth-order valence-corrected chi connectivity index (χ4v) is 2.17. The molecule has 0 aliphatic carbocycles. The molecule has 0 heterocycles. The molecule has 1 unspecified atom stereocenters. The number of rotatable bonds is 12. The molecule has 1 amide bonds. The van der Waals surface area contributed by atoms with Gasteiger partial charge in [0.1, 0.15) is 0 Å². The Kier molecular flexibility index (Phi) is 9.88. The molecule has 0 radical (unpaired) electrons. The van der Waals surface area contributed by atoms with Gasteiger partial charge in [0.05, 0.1) is 5.54 Å². The molecule has 4 nitrogen and oxygen atoms in total.